The zero-order chi connectivity index (χ0) is 12.3. The summed E-state index contributed by atoms with van der Waals surface area (Å²) in [7, 11) is 0. The Kier molecular flexibility index (Phi) is 3.54. The molecule has 0 aliphatic carbocycles. The van der Waals surface area contributed by atoms with Gasteiger partial charge in [0.25, 0.3) is 5.56 Å². The van der Waals surface area contributed by atoms with Crippen molar-refractivity contribution in [2.24, 2.45) is 0 Å². The fourth-order valence-electron chi connectivity index (χ4n) is 1.82. The van der Waals surface area contributed by atoms with Crippen molar-refractivity contribution in [3.05, 3.63) is 40.4 Å². The van der Waals surface area contributed by atoms with Gasteiger partial charge in [0.2, 0.25) is 0 Å². The van der Waals surface area contributed by atoms with E-state index in [0.717, 1.165) is 18.4 Å². The fraction of sp³-hybridized carbons (Fsp3) is 0.385. The molecule has 1 atom stereocenters. The smallest absolute Gasteiger partial charge is 0.258 e. The van der Waals surface area contributed by atoms with Crippen LogP contribution in [0.4, 0.5) is 0 Å². The Labute approximate surface area is 99.3 Å². The summed E-state index contributed by atoms with van der Waals surface area (Å²) in [5.41, 5.74) is 0.631. The molecule has 0 amide bonds. The number of H-pyrrole nitrogens is 1. The van der Waals surface area contributed by atoms with E-state index in [4.69, 9.17) is 5.11 Å². The van der Waals surface area contributed by atoms with Crippen LogP contribution in [0.3, 0.4) is 0 Å². The summed E-state index contributed by atoms with van der Waals surface area (Å²) in [6, 6.07) is 7.30. The standard InChI is InChI=1S/C13H16N2O2/c1-9(16)5-4-8-12-14-11-7-3-2-6-10(11)13(17)15-12/h2-3,6-7,9,16H,4-5,8H2,1H3,(H,14,15,17). The first-order valence-electron chi connectivity index (χ1n) is 5.83. The second-order valence-electron chi connectivity index (χ2n) is 4.27. The Morgan fingerprint density at radius 1 is 1.41 bits per heavy atom. The summed E-state index contributed by atoms with van der Waals surface area (Å²) in [6.45, 7) is 1.76. The molecule has 4 nitrogen and oxygen atoms in total. The molecule has 1 heterocycles. The van der Waals surface area contributed by atoms with Crippen molar-refractivity contribution < 1.29 is 5.11 Å². The van der Waals surface area contributed by atoms with Crippen LogP contribution in [0, 0.1) is 0 Å². The van der Waals surface area contributed by atoms with E-state index in [-0.39, 0.29) is 11.7 Å². The summed E-state index contributed by atoms with van der Waals surface area (Å²) >= 11 is 0. The van der Waals surface area contributed by atoms with E-state index in [2.05, 4.69) is 9.97 Å². The molecule has 4 heteroatoms. The van der Waals surface area contributed by atoms with Gasteiger partial charge in [-0.2, -0.15) is 0 Å². The normalized spacial score (nSPS) is 12.8. The van der Waals surface area contributed by atoms with Crippen LogP contribution < -0.4 is 5.56 Å². The van der Waals surface area contributed by atoms with Crippen LogP contribution in [-0.2, 0) is 6.42 Å². The molecule has 0 fully saturated rings. The highest BCUT2D eigenvalue weighted by Crippen LogP contribution is 2.07. The van der Waals surface area contributed by atoms with E-state index < -0.39 is 0 Å². The van der Waals surface area contributed by atoms with Crippen LogP contribution in [0.2, 0.25) is 0 Å². The Morgan fingerprint density at radius 3 is 2.94 bits per heavy atom. The van der Waals surface area contributed by atoms with Crippen LogP contribution in [-0.4, -0.2) is 21.2 Å². The molecule has 1 unspecified atom stereocenters. The maximum Gasteiger partial charge on any atom is 0.258 e. The van der Waals surface area contributed by atoms with Gasteiger partial charge in [-0.1, -0.05) is 12.1 Å². The molecular weight excluding hydrogens is 216 g/mol. The van der Waals surface area contributed by atoms with Gasteiger partial charge in [0, 0.05) is 6.42 Å². The van der Waals surface area contributed by atoms with Crippen LogP contribution in [0.25, 0.3) is 10.9 Å². The lowest BCUT2D eigenvalue weighted by Gasteiger charge is -2.04. The average Bonchev–Trinajstić information content (AvgIpc) is 2.28. The zero-order valence-electron chi connectivity index (χ0n) is 9.81. The first-order valence-corrected chi connectivity index (χ1v) is 5.83. The van der Waals surface area contributed by atoms with E-state index in [9.17, 15) is 4.79 Å². The molecule has 0 saturated carbocycles. The second-order valence-corrected chi connectivity index (χ2v) is 4.27. The number of hydrogen-bond acceptors (Lipinski definition) is 3. The predicted octanol–water partition coefficient (Wildman–Crippen LogP) is 1.63. The first-order chi connectivity index (χ1) is 8.16. The number of rotatable bonds is 4. The van der Waals surface area contributed by atoms with Crippen molar-refractivity contribution in [2.45, 2.75) is 32.3 Å². The van der Waals surface area contributed by atoms with Gasteiger partial charge in [0.1, 0.15) is 5.82 Å². The van der Waals surface area contributed by atoms with E-state index in [1.54, 1.807) is 13.0 Å². The van der Waals surface area contributed by atoms with Gasteiger partial charge in [-0.05, 0) is 31.9 Å². The highest BCUT2D eigenvalue weighted by Gasteiger charge is 2.03. The van der Waals surface area contributed by atoms with Gasteiger partial charge in [0.05, 0.1) is 17.0 Å². The van der Waals surface area contributed by atoms with Crippen molar-refractivity contribution in [3.8, 4) is 0 Å². The van der Waals surface area contributed by atoms with Crippen molar-refractivity contribution >= 4 is 10.9 Å². The summed E-state index contributed by atoms with van der Waals surface area (Å²) in [4.78, 5) is 18.9. The number of aromatic nitrogens is 2. The summed E-state index contributed by atoms with van der Waals surface area (Å²) in [5.74, 6) is 0.689. The van der Waals surface area contributed by atoms with Gasteiger partial charge in [-0.3, -0.25) is 4.79 Å². The molecule has 0 spiro atoms. The molecule has 2 aromatic rings. The number of benzene rings is 1. The number of fused-ring (bicyclic) bond motifs is 1. The minimum atomic E-state index is -0.304. The number of aromatic amines is 1. The summed E-state index contributed by atoms with van der Waals surface area (Å²) < 4.78 is 0. The molecule has 1 aromatic carbocycles. The van der Waals surface area contributed by atoms with Crippen molar-refractivity contribution in [2.75, 3.05) is 0 Å². The van der Waals surface area contributed by atoms with Crippen molar-refractivity contribution in [1.82, 2.24) is 9.97 Å². The largest absolute Gasteiger partial charge is 0.393 e. The molecule has 1 aromatic heterocycles. The summed E-state index contributed by atoms with van der Waals surface area (Å²) in [5, 5.41) is 9.78. The molecular formula is C13H16N2O2. The van der Waals surface area contributed by atoms with Crippen LogP contribution in [0.5, 0.6) is 0 Å². The fourth-order valence-corrected chi connectivity index (χ4v) is 1.82. The SMILES string of the molecule is CC(O)CCCc1nc2ccccc2c(=O)[nH]1. The lowest BCUT2D eigenvalue weighted by Crippen LogP contribution is -2.12. The lowest BCUT2D eigenvalue weighted by atomic mass is 10.1. The highest BCUT2D eigenvalue weighted by molar-refractivity contribution is 5.77. The van der Waals surface area contributed by atoms with Gasteiger partial charge < -0.3 is 10.1 Å². The molecule has 2 rings (SSSR count). The van der Waals surface area contributed by atoms with Crippen molar-refractivity contribution in [3.63, 3.8) is 0 Å². The number of hydrogen-bond donors (Lipinski definition) is 2. The maximum absolute atomic E-state index is 11.8. The second kappa shape index (κ2) is 5.10. The molecule has 0 bridgehead atoms. The van der Waals surface area contributed by atoms with Crippen LogP contribution in [0.1, 0.15) is 25.6 Å². The van der Waals surface area contributed by atoms with E-state index >= 15 is 0 Å². The lowest BCUT2D eigenvalue weighted by molar-refractivity contribution is 0.181. The number of aryl methyl sites for hydroxylation is 1. The monoisotopic (exact) mass is 232 g/mol. The third kappa shape index (κ3) is 2.91. The number of aliphatic hydroxyl groups is 1. The van der Waals surface area contributed by atoms with E-state index in [1.165, 1.54) is 0 Å². The summed E-state index contributed by atoms with van der Waals surface area (Å²) in [6.07, 6.45) is 1.92. The van der Waals surface area contributed by atoms with Gasteiger partial charge in [-0.15, -0.1) is 0 Å². The molecule has 0 aliphatic heterocycles. The topological polar surface area (TPSA) is 66.0 Å². The Bertz CT molecular complexity index is 561. The molecule has 2 N–H and O–H groups in total. The third-order valence-electron chi connectivity index (χ3n) is 2.70. The molecule has 0 aliphatic rings. The Morgan fingerprint density at radius 2 is 2.18 bits per heavy atom. The zero-order valence-corrected chi connectivity index (χ0v) is 9.81. The quantitative estimate of drug-likeness (QED) is 0.842. The van der Waals surface area contributed by atoms with Crippen LogP contribution >= 0.6 is 0 Å². The van der Waals surface area contributed by atoms with Crippen molar-refractivity contribution in [1.29, 1.82) is 0 Å². The number of aliphatic hydroxyl groups excluding tert-OH is 1. The molecule has 90 valence electrons. The van der Waals surface area contributed by atoms with E-state index in [1.807, 2.05) is 18.2 Å². The number of nitrogens with zero attached hydrogens (tertiary/aromatic N) is 1. The van der Waals surface area contributed by atoms with Gasteiger partial charge in [0.15, 0.2) is 0 Å². The predicted molar refractivity (Wildman–Crippen MR) is 67.0 cm³/mol. The minimum Gasteiger partial charge on any atom is -0.393 e. The molecule has 0 saturated heterocycles. The Hall–Kier alpha value is -1.68. The Balaban J connectivity index is 2.22. The van der Waals surface area contributed by atoms with Gasteiger partial charge >= 0.3 is 0 Å². The molecule has 0 radical (unpaired) electrons. The minimum absolute atomic E-state index is 0.0948. The third-order valence-corrected chi connectivity index (χ3v) is 2.70. The first kappa shape index (κ1) is 11.8. The van der Waals surface area contributed by atoms with Gasteiger partial charge in [-0.25, -0.2) is 4.98 Å². The average molecular weight is 232 g/mol. The van der Waals surface area contributed by atoms with Crippen LogP contribution in [0.15, 0.2) is 29.1 Å². The highest BCUT2D eigenvalue weighted by atomic mass is 16.3. The van der Waals surface area contributed by atoms with E-state index in [0.29, 0.717) is 17.6 Å². The number of nitrogens with one attached hydrogen (secondary N) is 1. The maximum atomic E-state index is 11.8. The molecule has 17 heavy (non-hydrogen) atoms. The number of para-hydroxylation sites is 1.